The molecule has 1 aromatic heterocycles. The number of β-amino-alcohol motifs (C(OH)–C–C–N with tert-alkyl or cyclic N) is 1. The lowest BCUT2D eigenvalue weighted by molar-refractivity contribution is -0.132. The number of hydrogen-bond donors (Lipinski definition) is 4. The molecule has 4 N–H and O–H groups in total. The van der Waals surface area contributed by atoms with Crippen LogP contribution in [0.3, 0.4) is 0 Å². The number of carbonyl (C=O) groups is 3. The second-order valence-electron chi connectivity index (χ2n) is 15.7. The SMILES string of the molecule is CC(C)c1nc(CN(C)C(=O)N[C@H](C(=O)N[C@@H](Cc2ccccc2)[C@@H](O)CN2CCN(Cc3ccccc3)C[C@H]2C(=O)NC(C)(C)C)C(C)C)cs1. The first-order chi connectivity index (χ1) is 24.6. The Morgan fingerprint density at radius 1 is 0.962 bits per heavy atom. The summed E-state index contributed by atoms with van der Waals surface area (Å²) in [6.45, 7) is 16.9. The Labute approximate surface area is 314 Å². The summed E-state index contributed by atoms with van der Waals surface area (Å²) < 4.78 is 0. The van der Waals surface area contributed by atoms with E-state index in [1.807, 2.05) is 93.4 Å². The molecule has 1 fully saturated rings. The zero-order valence-corrected chi connectivity index (χ0v) is 33.0. The maximum atomic E-state index is 14.0. The van der Waals surface area contributed by atoms with Crippen molar-refractivity contribution in [3.8, 4) is 0 Å². The van der Waals surface area contributed by atoms with Crippen LogP contribution in [0.15, 0.2) is 66.0 Å². The van der Waals surface area contributed by atoms with E-state index in [4.69, 9.17) is 0 Å². The summed E-state index contributed by atoms with van der Waals surface area (Å²) >= 11 is 1.58. The number of rotatable bonds is 15. The number of aliphatic hydroxyl groups excluding tert-OH is 1. The summed E-state index contributed by atoms with van der Waals surface area (Å²) in [7, 11) is 1.69. The minimum atomic E-state index is -0.999. The van der Waals surface area contributed by atoms with Gasteiger partial charge in [-0.1, -0.05) is 88.4 Å². The number of piperazine rings is 1. The van der Waals surface area contributed by atoms with Gasteiger partial charge in [-0.25, -0.2) is 9.78 Å². The molecule has 11 nitrogen and oxygen atoms in total. The van der Waals surface area contributed by atoms with Crippen molar-refractivity contribution < 1.29 is 19.5 Å². The van der Waals surface area contributed by atoms with Crippen LogP contribution < -0.4 is 16.0 Å². The minimum Gasteiger partial charge on any atom is -0.390 e. The third-order valence-corrected chi connectivity index (χ3v) is 10.4. The highest BCUT2D eigenvalue weighted by Crippen LogP contribution is 2.21. The lowest BCUT2D eigenvalue weighted by Crippen LogP contribution is -2.63. The van der Waals surface area contributed by atoms with Gasteiger partial charge in [-0.2, -0.15) is 0 Å². The highest BCUT2D eigenvalue weighted by Gasteiger charge is 2.37. The molecule has 0 unspecified atom stereocenters. The summed E-state index contributed by atoms with van der Waals surface area (Å²) in [5.41, 5.74) is 2.51. The first-order valence-electron chi connectivity index (χ1n) is 18.4. The fourth-order valence-corrected chi connectivity index (χ4v) is 7.15. The van der Waals surface area contributed by atoms with Crippen LogP contribution in [0.5, 0.6) is 0 Å². The van der Waals surface area contributed by atoms with E-state index in [1.165, 1.54) is 10.5 Å². The topological polar surface area (TPSA) is 130 Å². The van der Waals surface area contributed by atoms with E-state index >= 15 is 0 Å². The van der Waals surface area contributed by atoms with Gasteiger partial charge in [0.05, 0.1) is 29.4 Å². The minimum absolute atomic E-state index is 0.0918. The summed E-state index contributed by atoms with van der Waals surface area (Å²) in [6, 6.07) is 17.5. The first-order valence-corrected chi connectivity index (χ1v) is 19.3. The van der Waals surface area contributed by atoms with E-state index < -0.39 is 29.8 Å². The predicted molar refractivity (Wildman–Crippen MR) is 208 cm³/mol. The molecule has 12 heteroatoms. The Kier molecular flexibility index (Phi) is 14.8. The zero-order chi connectivity index (χ0) is 38.0. The molecule has 4 amide bonds. The molecular formula is C40H59N7O4S. The monoisotopic (exact) mass is 733 g/mol. The van der Waals surface area contributed by atoms with Crippen LogP contribution in [0.4, 0.5) is 4.79 Å². The number of nitrogens with zero attached hydrogens (tertiary/aromatic N) is 4. The number of benzene rings is 2. The van der Waals surface area contributed by atoms with Crippen molar-refractivity contribution >= 4 is 29.2 Å². The molecule has 0 aliphatic carbocycles. The highest BCUT2D eigenvalue weighted by molar-refractivity contribution is 7.09. The normalized spacial score (nSPS) is 17.4. The Bertz CT molecular complexity index is 1580. The number of hydrogen-bond acceptors (Lipinski definition) is 8. The van der Waals surface area contributed by atoms with Gasteiger partial charge in [0.2, 0.25) is 11.8 Å². The van der Waals surface area contributed by atoms with Gasteiger partial charge in [0.25, 0.3) is 0 Å². The van der Waals surface area contributed by atoms with Gasteiger partial charge in [0, 0.05) is 56.6 Å². The Hall–Kier alpha value is -3.84. The van der Waals surface area contributed by atoms with Crippen LogP contribution in [0.1, 0.15) is 76.2 Å². The molecule has 0 spiro atoms. The summed E-state index contributed by atoms with van der Waals surface area (Å²) in [6.07, 6.45) is -0.623. The second-order valence-corrected chi connectivity index (χ2v) is 16.6. The van der Waals surface area contributed by atoms with Crippen molar-refractivity contribution in [3.05, 3.63) is 87.9 Å². The number of amides is 4. The molecule has 4 atom stereocenters. The van der Waals surface area contributed by atoms with Gasteiger partial charge in [0.1, 0.15) is 12.1 Å². The molecule has 4 rings (SSSR count). The number of aliphatic hydroxyl groups is 1. The molecule has 0 saturated carbocycles. The van der Waals surface area contributed by atoms with E-state index in [0.29, 0.717) is 32.0 Å². The Morgan fingerprint density at radius 3 is 2.17 bits per heavy atom. The fourth-order valence-electron chi connectivity index (χ4n) is 6.33. The summed E-state index contributed by atoms with van der Waals surface area (Å²) in [5.74, 6) is -0.378. The van der Waals surface area contributed by atoms with E-state index in [9.17, 15) is 19.5 Å². The first kappa shape index (κ1) is 40.9. The standard InChI is InChI=1S/C40H59N7O4S/c1-27(2)35(43-39(51)45(8)23-31-26-52-38(41-31)28(3)4)37(50)42-32(21-29-15-11-9-12-16-29)34(48)25-47-20-19-46(22-30-17-13-10-14-18-30)24-33(47)36(49)44-40(5,6)7/h9-18,26-28,32-35,48H,19-25H2,1-8H3,(H,42,50)(H,43,51)(H,44,49)/t32-,33-,34-,35-/m0/s1. The van der Waals surface area contributed by atoms with Gasteiger partial charge in [-0.05, 0) is 44.2 Å². The molecule has 1 aliphatic heterocycles. The third-order valence-electron chi connectivity index (χ3n) is 9.17. The molecule has 52 heavy (non-hydrogen) atoms. The second kappa shape index (κ2) is 18.8. The molecule has 0 radical (unpaired) electrons. The van der Waals surface area contributed by atoms with Crippen LogP contribution in [-0.4, -0.2) is 106 Å². The van der Waals surface area contributed by atoms with E-state index in [0.717, 1.165) is 29.4 Å². The highest BCUT2D eigenvalue weighted by atomic mass is 32.1. The average Bonchev–Trinajstić information content (AvgIpc) is 3.56. The predicted octanol–water partition coefficient (Wildman–Crippen LogP) is 4.62. The van der Waals surface area contributed by atoms with E-state index in [2.05, 4.69) is 51.8 Å². The molecular weight excluding hydrogens is 675 g/mol. The maximum absolute atomic E-state index is 14.0. The number of urea groups is 1. The van der Waals surface area contributed by atoms with Crippen molar-refractivity contribution in [3.63, 3.8) is 0 Å². The largest absolute Gasteiger partial charge is 0.390 e. The lowest BCUT2D eigenvalue weighted by atomic mass is 9.97. The van der Waals surface area contributed by atoms with E-state index in [-0.39, 0.29) is 30.3 Å². The van der Waals surface area contributed by atoms with Gasteiger partial charge >= 0.3 is 6.03 Å². The van der Waals surface area contributed by atoms with Crippen molar-refractivity contribution in [2.24, 2.45) is 5.92 Å². The molecule has 1 aliphatic rings. The van der Waals surface area contributed by atoms with Gasteiger partial charge in [-0.15, -0.1) is 11.3 Å². The average molecular weight is 734 g/mol. The Morgan fingerprint density at radius 2 is 1.60 bits per heavy atom. The van der Waals surface area contributed by atoms with Crippen LogP contribution in [0.25, 0.3) is 0 Å². The molecule has 284 valence electrons. The van der Waals surface area contributed by atoms with Gasteiger partial charge in [0.15, 0.2) is 0 Å². The van der Waals surface area contributed by atoms with Crippen LogP contribution >= 0.6 is 11.3 Å². The number of aromatic nitrogens is 1. The summed E-state index contributed by atoms with van der Waals surface area (Å²) in [5, 5.41) is 24.0. The van der Waals surface area contributed by atoms with Crippen molar-refractivity contribution in [2.45, 2.75) is 104 Å². The summed E-state index contributed by atoms with van der Waals surface area (Å²) in [4.78, 5) is 51.5. The van der Waals surface area contributed by atoms with Crippen molar-refractivity contribution in [1.82, 2.24) is 35.6 Å². The quantitative estimate of drug-likeness (QED) is 0.180. The Balaban J connectivity index is 1.49. The van der Waals surface area contributed by atoms with Gasteiger partial charge in [-0.3, -0.25) is 19.4 Å². The van der Waals surface area contributed by atoms with Crippen LogP contribution in [0, 0.1) is 5.92 Å². The molecule has 2 heterocycles. The molecule has 2 aromatic carbocycles. The lowest BCUT2D eigenvalue weighted by Gasteiger charge is -2.43. The zero-order valence-electron chi connectivity index (χ0n) is 32.1. The fraction of sp³-hybridized carbons (Fsp3) is 0.550. The maximum Gasteiger partial charge on any atom is 0.318 e. The van der Waals surface area contributed by atoms with Crippen molar-refractivity contribution in [1.29, 1.82) is 0 Å². The molecule has 1 saturated heterocycles. The van der Waals surface area contributed by atoms with E-state index in [1.54, 1.807) is 18.4 Å². The third kappa shape index (κ3) is 12.4. The number of nitrogens with one attached hydrogen (secondary N) is 3. The molecule has 0 bridgehead atoms. The van der Waals surface area contributed by atoms with Crippen LogP contribution in [0.2, 0.25) is 0 Å². The number of thiazole rings is 1. The van der Waals surface area contributed by atoms with Crippen molar-refractivity contribution in [2.75, 3.05) is 33.2 Å². The molecule has 3 aromatic rings. The van der Waals surface area contributed by atoms with Crippen LogP contribution in [-0.2, 0) is 29.1 Å². The van der Waals surface area contributed by atoms with Gasteiger partial charge < -0.3 is 26.0 Å². The smallest absolute Gasteiger partial charge is 0.318 e. The number of carbonyl (C=O) groups excluding carboxylic acids is 3.